The second kappa shape index (κ2) is 8.80. The molecule has 1 aliphatic rings. The largest absolute Gasteiger partial charge is 0.337 e. The maximum atomic E-state index is 12.8. The van der Waals surface area contributed by atoms with Crippen LogP contribution >= 0.6 is 0 Å². The molecule has 2 aromatic rings. The highest BCUT2D eigenvalue weighted by Gasteiger charge is 2.26. The maximum absolute atomic E-state index is 12.8. The topological polar surface area (TPSA) is 77.2 Å². The van der Waals surface area contributed by atoms with Gasteiger partial charge in [-0.15, -0.1) is 10.2 Å². The molecule has 0 saturated carbocycles. The Morgan fingerprint density at radius 3 is 2.50 bits per heavy atom. The minimum absolute atomic E-state index is 0.0680. The van der Waals surface area contributed by atoms with E-state index >= 15 is 0 Å². The molecule has 1 amide bonds. The average molecular weight is 356 g/mol. The molecule has 7 heteroatoms. The Labute approximate surface area is 154 Å². The van der Waals surface area contributed by atoms with Crippen molar-refractivity contribution in [2.45, 2.75) is 33.1 Å². The molecule has 3 rings (SSSR count). The summed E-state index contributed by atoms with van der Waals surface area (Å²) in [4.78, 5) is 17.1. The van der Waals surface area contributed by atoms with Gasteiger partial charge in [-0.3, -0.25) is 9.69 Å². The Hall–Kier alpha value is -2.41. The molecule has 0 bridgehead atoms. The number of benzene rings is 1. The van der Waals surface area contributed by atoms with Crippen molar-refractivity contribution in [2.75, 3.05) is 38.0 Å². The first-order chi connectivity index (χ1) is 12.7. The van der Waals surface area contributed by atoms with Crippen molar-refractivity contribution in [1.82, 2.24) is 25.2 Å². The van der Waals surface area contributed by atoms with Gasteiger partial charge in [0.25, 0.3) is 5.91 Å². The molecule has 1 aromatic carbocycles. The molecule has 0 atom stereocenters. The van der Waals surface area contributed by atoms with Gasteiger partial charge in [0, 0.05) is 31.9 Å². The summed E-state index contributed by atoms with van der Waals surface area (Å²) in [5, 5.41) is 14.0. The molecular formula is C19H28N6O. The van der Waals surface area contributed by atoms with Gasteiger partial charge in [-0.25, -0.2) is 0 Å². The molecule has 140 valence electrons. The number of aryl methyl sites for hydroxylation is 1. The summed E-state index contributed by atoms with van der Waals surface area (Å²) in [6.45, 7) is 8.76. The highest BCUT2D eigenvalue weighted by Crippen LogP contribution is 2.19. The minimum atomic E-state index is -0.0680. The molecule has 0 radical (unpaired) electrons. The van der Waals surface area contributed by atoms with E-state index in [0.717, 1.165) is 44.8 Å². The normalized spacial score (nSPS) is 15.2. The summed E-state index contributed by atoms with van der Waals surface area (Å²) in [6.07, 6.45) is 3.41. The van der Waals surface area contributed by atoms with E-state index in [9.17, 15) is 4.79 Å². The van der Waals surface area contributed by atoms with E-state index in [4.69, 9.17) is 0 Å². The van der Waals surface area contributed by atoms with Crippen molar-refractivity contribution in [2.24, 2.45) is 0 Å². The number of H-pyrrole nitrogens is 1. The van der Waals surface area contributed by atoms with Crippen molar-refractivity contribution in [3.63, 3.8) is 0 Å². The zero-order valence-electron chi connectivity index (χ0n) is 15.7. The van der Waals surface area contributed by atoms with Crippen LogP contribution in [0.2, 0.25) is 0 Å². The third-order valence-electron chi connectivity index (χ3n) is 4.86. The third kappa shape index (κ3) is 4.40. The van der Waals surface area contributed by atoms with Crippen LogP contribution < -0.4 is 5.32 Å². The molecule has 0 aliphatic carbocycles. The molecule has 0 unspecified atom stereocenters. The average Bonchev–Trinajstić information content (AvgIpc) is 3.15. The van der Waals surface area contributed by atoms with Crippen LogP contribution in [0.25, 0.3) is 0 Å². The SMILES string of the molecule is CCCCN1CCN(C(=O)c2n[nH]nc2Nc2ccc(CC)cc2)CC1. The zero-order chi connectivity index (χ0) is 18.4. The second-order valence-corrected chi connectivity index (χ2v) is 6.68. The van der Waals surface area contributed by atoms with Crippen LogP contribution in [0.15, 0.2) is 24.3 Å². The summed E-state index contributed by atoms with van der Waals surface area (Å²) < 4.78 is 0. The summed E-state index contributed by atoms with van der Waals surface area (Å²) in [7, 11) is 0. The highest BCUT2D eigenvalue weighted by atomic mass is 16.2. The molecule has 7 nitrogen and oxygen atoms in total. The predicted octanol–water partition coefficient (Wildman–Crippen LogP) is 2.67. The van der Waals surface area contributed by atoms with Crippen LogP contribution in [0.3, 0.4) is 0 Å². The molecule has 0 spiro atoms. The van der Waals surface area contributed by atoms with Gasteiger partial charge in [-0.2, -0.15) is 5.21 Å². The number of anilines is 2. The molecular weight excluding hydrogens is 328 g/mol. The van der Waals surface area contributed by atoms with Gasteiger partial charge >= 0.3 is 0 Å². The van der Waals surface area contributed by atoms with E-state index in [0.29, 0.717) is 11.5 Å². The fourth-order valence-corrected chi connectivity index (χ4v) is 3.13. The number of amides is 1. The van der Waals surface area contributed by atoms with E-state index in [1.165, 1.54) is 18.4 Å². The first kappa shape index (κ1) is 18.4. The van der Waals surface area contributed by atoms with Gasteiger partial charge < -0.3 is 10.2 Å². The van der Waals surface area contributed by atoms with Gasteiger partial charge in [0.2, 0.25) is 0 Å². The summed E-state index contributed by atoms with van der Waals surface area (Å²) >= 11 is 0. The standard InChI is InChI=1S/C19H28N6O/c1-3-5-10-24-11-13-25(14-12-24)19(26)17-18(22-23-21-17)20-16-8-6-15(4-2)7-9-16/h6-9H,3-5,10-14H2,1-2H3,(H2,20,21,22,23). The van der Waals surface area contributed by atoms with Crippen LogP contribution in [0.4, 0.5) is 11.5 Å². The first-order valence-electron chi connectivity index (χ1n) is 9.49. The van der Waals surface area contributed by atoms with Crippen LogP contribution in [-0.4, -0.2) is 63.8 Å². The maximum Gasteiger partial charge on any atom is 0.278 e. The molecule has 1 aromatic heterocycles. The van der Waals surface area contributed by atoms with Gasteiger partial charge in [-0.1, -0.05) is 32.4 Å². The first-order valence-corrected chi connectivity index (χ1v) is 9.49. The predicted molar refractivity (Wildman–Crippen MR) is 103 cm³/mol. The molecule has 2 heterocycles. The quantitative estimate of drug-likeness (QED) is 0.797. The van der Waals surface area contributed by atoms with Gasteiger partial charge in [0.05, 0.1) is 0 Å². The van der Waals surface area contributed by atoms with E-state index < -0.39 is 0 Å². The van der Waals surface area contributed by atoms with Gasteiger partial charge in [-0.05, 0) is 37.1 Å². The van der Waals surface area contributed by atoms with Crippen molar-refractivity contribution in [1.29, 1.82) is 0 Å². The van der Waals surface area contributed by atoms with E-state index in [1.54, 1.807) is 0 Å². The Kier molecular flexibility index (Phi) is 6.22. The fourth-order valence-electron chi connectivity index (χ4n) is 3.13. The van der Waals surface area contributed by atoms with E-state index in [-0.39, 0.29) is 5.91 Å². The van der Waals surface area contributed by atoms with Crippen LogP contribution in [-0.2, 0) is 6.42 Å². The lowest BCUT2D eigenvalue weighted by molar-refractivity contribution is 0.0631. The van der Waals surface area contributed by atoms with E-state index in [2.05, 4.69) is 51.6 Å². The van der Waals surface area contributed by atoms with Crippen molar-refractivity contribution in [3.05, 3.63) is 35.5 Å². The molecule has 1 fully saturated rings. The second-order valence-electron chi connectivity index (χ2n) is 6.68. The molecule has 26 heavy (non-hydrogen) atoms. The summed E-state index contributed by atoms with van der Waals surface area (Å²) in [6, 6.07) is 8.13. The Balaban J connectivity index is 1.61. The third-order valence-corrected chi connectivity index (χ3v) is 4.86. The number of carbonyl (C=O) groups is 1. The Morgan fingerprint density at radius 2 is 1.85 bits per heavy atom. The molecule has 1 saturated heterocycles. The number of carbonyl (C=O) groups excluding carboxylic acids is 1. The number of unbranched alkanes of at least 4 members (excludes halogenated alkanes) is 1. The lowest BCUT2D eigenvalue weighted by Crippen LogP contribution is -2.49. The van der Waals surface area contributed by atoms with Crippen molar-refractivity contribution >= 4 is 17.4 Å². The smallest absolute Gasteiger partial charge is 0.278 e. The highest BCUT2D eigenvalue weighted by molar-refractivity contribution is 5.97. The van der Waals surface area contributed by atoms with Crippen LogP contribution in [0, 0.1) is 0 Å². The Morgan fingerprint density at radius 1 is 1.12 bits per heavy atom. The number of rotatable bonds is 7. The van der Waals surface area contributed by atoms with E-state index in [1.807, 2.05) is 17.0 Å². The number of aromatic amines is 1. The zero-order valence-corrected chi connectivity index (χ0v) is 15.7. The number of piperazine rings is 1. The number of nitrogens with zero attached hydrogens (tertiary/aromatic N) is 4. The number of aromatic nitrogens is 3. The number of hydrogen-bond acceptors (Lipinski definition) is 5. The monoisotopic (exact) mass is 356 g/mol. The van der Waals surface area contributed by atoms with Crippen LogP contribution in [0.1, 0.15) is 42.7 Å². The summed E-state index contributed by atoms with van der Waals surface area (Å²) in [5.41, 5.74) is 2.52. The van der Waals surface area contributed by atoms with Gasteiger partial charge in [0.1, 0.15) is 0 Å². The lowest BCUT2D eigenvalue weighted by atomic mass is 10.1. The number of hydrogen-bond donors (Lipinski definition) is 2. The molecule has 1 aliphatic heterocycles. The lowest BCUT2D eigenvalue weighted by Gasteiger charge is -2.34. The fraction of sp³-hybridized carbons (Fsp3) is 0.526. The number of nitrogens with one attached hydrogen (secondary N) is 2. The Bertz CT molecular complexity index is 703. The minimum Gasteiger partial charge on any atom is -0.337 e. The molecule has 2 N–H and O–H groups in total. The summed E-state index contributed by atoms with van der Waals surface area (Å²) in [5.74, 6) is 0.411. The van der Waals surface area contributed by atoms with Crippen LogP contribution in [0.5, 0.6) is 0 Å². The van der Waals surface area contributed by atoms with Crippen molar-refractivity contribution < 1.29 is 4.79 Å². The van der Waals surface area contributed by atoms with Gasteiger partial charge in [0.15, 0.2) is 11.5 Å². The van der Waals surface area contributed by atoms with Crippen molar-refractivity contribution in [3.8, 4) is 0 Å².